The predicted octanol–water partition coefficient (Wildman–Crippen LogP) is 3.34. The lowest BCUT2D eigenvalue weighted by Crippen LogP contribution is -2.05. The van der Waals surface area contributed by atoms with Gasteiger partial charge >= 0.3 is 0 Å². The minimum Gasteiger partial charge on any atom is -0.378 e. The molecular formula is C12H18OS. The molecule has 0 spiro atoms. The average Bonchev–Trinajstić information content (AvgIpc) is 2.18. The van der Waals surface area contributed by atoms with Gasteiger partial charge in [-0.05, 0) is 19.4 Å². The highest BCUT2D eigenvalue weighted by molar-refractivity contribution is 7.98. The smallest absolute Gasteiger partial charge is 0.0560 e. The van der Waals surface area contributed by atoms with Gasteiger partial charge in [-0.25, -0.2) is 0 Å². The van der Waals surface area contributed by atoms with E-state index in [9.17, 15) is 0 Å². The Balaban J connectivity index is 2.05. The molecule has 2 heteroatoms. The Morgan fingerprint density at radius 1 is 1.21 bits per heavy atom. The summed E-state index contributed by atoms with van der Waals surface area (Å²) in [6.07, 6.45) is 0.354. The van der Waals surface area contributed by atoms with Crippen LogP contribution in [-0.2, 0) is 10.5 Å². The van der Waals surface area contributed by atoms with E-state index in [-0.39, 0.29) is 0 Å². The minimum atomic E-state index is 0.354. The van der Waals surface area contributed by atoms with Crippen molar-refractivity contribution in [2.45, 2.75) is 25.7 Å². The molecule has 0 amide bonds. The summed E-state index contributed by atoms with van der Waals surface area (Å²) in [4.78, 5) is 0. The Kier molecular flexibility index (Phi) is 5.72. The van der Waals surface area contributed by atoms with Crippen LogP contribution >= 0.6 is 11.8 Å². The van der Waals surface area contributed by atoms with Crippen LogP contribution in [0, 0.1) is 0 Å². The van der Waals surface area contributed by atoms with Gasteiger partial charge < -0.3 is 4.74 Å². The maximum atomic E-state index is 5.46. The van der Waals surface area contributed by atoms with Crippen molar-refractivity contribution in [2.75, 3.05) is 12.4 Å². The van der Waals surface area contributed by atoms with Gasteiger partial charge in [0.1, 0.15) is 0 Å². The third kappa shape index (κ3) is 5.30. The highest BCUT2D eigenvalue weighted by atomic mass is 32.2. The molecule has 14 heavy (non-hydrogen) atoms. The van der Waals surface area contributed by atoms with Crippen LogP contribution in [-0.4, -0.2) is 18.5 Å². The van der Waals surface area contributed by atoms with E-state index in [1.807, 2.05) is 11.8 Å². The fraction of sp³-hybridized carbons (Fsp3) is 0.500. The lowest BCUT2D eigenvalue weighted by atomic mass is 10.2. The number of ether oxygens (including phenoxy) is 1. The summed E-state index contributed by atoms with van der Waals surface area (Å²) in [7, 11) is 0. The number of benzene rings is 1. The average molecular weight is 210 g/mol. The summed E-state index contributed by atoms with van der Waals surface area (Å²) in [5.41, 5.74) is 1.39. The first-order valence-electron chi connectivity index (χ1n) is 5.02. The molecule has 0 unspecified atom stereocenters. The van der Waals surface area contributed by atoms with E-state index >= 15 is 0 Å². The lowest BCUT2D eigenvalue weighted by molar-refractivity contribution is 0.0920. The van der Waals surface area contributed by atoms with Crippen LogP contribution in [0.1, 0.15) is 19.4 Å². The quantitative estimate of drug-likeness (QED) is 0.666. The second-order valence-corrected chi connectivity index (χ2v) is 4.56. The van der Waals surface area contributed by atoms with Gasteiger partial charge in [-0.1, -0.05) is 30.3 Å². The SMILES string of the molecule is CC(C)OCCSCc1ccccc1. The van der Waals surface area contributed by atoms with Gasteiger partial charge in [-0.3, -0.25) is 0 Å². The van der Waals surface area contributed by atoms with E-state index in [2.05, 4.69) is 44.2 Å². The van der Waals surface area contributed by atoms with E-state index in [1.54, 1.807) is 0 Å². The second kappa shape index (κ2) is 6.91. The number of hydrogen-bond acceptors (Lipinski definition) is 2. The summed E-state index contributed by atoms with van der Waals surface area (Å²) in [5, 5.41) is 0. The molecule has 0 saturated heterocycles. The molecule has 0 fully saturated rings. The zero-order chi connectivity index (χ0) is 10.2. The van der Waals surface area contributed by atoms with Crippen molar-refractivity contribution < 1.29 is 4.74 Å². The van der Waals surface area contributed by atoms with Crippen molar-refractivity contribution >= 4 is 11.8 Å². The largest absolute Gasteiger partial charge is 0.378 e. The molecule has 1 aromatic carbocycles. The minimum absolute atomic E-state index is 0.354. The van der Waals surface area contributed by atoms with Gasteiger partial charge in [0.15, 0.2) is 0 Å². The Hall–Kier alpha value is -0.470. The molecule has 0 aromatic heterocycles. The van der Waals surface area contributed by atoms with E-state index in [0.29, 0.717) is 6.10 Å². The van der Waals surface area contributed by atoms with Crippen LogP contribution in [0.4, 0.5) is 0 Å². The van der Waals surface area contributed by atoms with E-state index in [1.165, 1.54) is 5.56 Å². The first-order chi connectivity index (χ1) is 6.79. The van der Waals surface area contributed by atoms with Crippen LogP contribution in [0.3, 0.4) is 0 Å². The van der Waals surface area contributed by atoms with Crippen molar-refractivity contribution in [1.82, 2.24) is 0 Å². The van der Waals surface area contributed by atoms with E-state index in [0.717, 1.165) is 18.1 Å². The van der Waals surface area contributed by atoms with Gasteiger partial charge in [-0.2, -0.15) is 11.8 Å². The number of rotatable bonds is 6. The molecule has 78 valence electrons. The standard InChI is InChI=1S/C12H18OS/c1-11(2)13-8-9-14-10-12-6-4-3-5-7-12/h3-7,11H,8-10H2,1-2H3. The maximum Gasteiger partial charge on any atom is 0.0560 e. The Labute approximate surface area is 90.9 Å². The number of thioether (sulfide) groups is 1. The molecule has 0 atom stereocenters. The molecule has 0 aliphatic heterocycles. The molecule has 0 bridgehead atoms. The van der Waals surface area contributed by atoms with E-state index in [4.69, 9.17) is 4.74 Å². The first-order valence-corrected chi connectivity index (χ1v) is 6.18. The van der Waals surface area contributed by atoms with Gasteiger partial charge in [0.25, 0.3) is 0 Å². The Bertz CT molecular complexity index is 233. The third-order valence-electron chi connectivity index (χ3n) is 1.79. The molecule has 0 aliphatic carbocycles. The third-order valence-corrected chi connectivity index (χ3v) is 2.78. The second-order valence-electron chi connectivity index (χ2n) is 3.46. The normalized spacial score (nSPS) is 10.8. The highest BCUT2D eigenvalue weighted by Gasteiger charge is 1.94. The monoisotopic (exact) mass is 210 g/mol. The Morgan fingerprint density at radius 2 is 1.93 bits per heavy atom. The van der Waals surface area contributed by atoms with Crippen LogP contribution in [0.5, 0.6) is 0 Å². The summed E-state index contributed by atoms with van der Waals surface area (Å²) in [5.74, 6) is 2.16. The van der Waals surface area contributed by atoms with Crippen molar-refractivity contribution in [3.63, 3.8) is 0 Å². The molecule has 0 heterocycles. The topological polar surface area (TPSA) is 9.23 Å². The summed E-state index contributed by atoms with van der Waals surface area (Å²) in [6.45, 7) is 5.00. The highest BCUT2D eigenvalue weighted by Crippen LogP contribution is 2.11. The maximum absolute atomic E-state index is 5.46. The van der Waals surface area contributed by atoms with Crippen molar-refractivity contribution in [2.24, 2.45) is 0 Å². The van der Waals surface area contributed by atoms with Gasteiger partial charge in [0.2, 0.25) is 0 Å². The predicted molar refractivity (Wildman–Crippen MR) is 63.7 cm³/mol. The fourth-order valence-corrected chi connectivity index (χ4v) is 1.89. The zero-order valence-corrected chi connectivity index (χ0v) is 9.72. The van der Waals surface area contributed by atoms with Gasteiger partial charge in [0, 0.05) is 11.5 Å². The van der Waals surface area contributed by atoms with Crippen LogP contribution < -0.4 is 0 Å². The zero-order valence-electron chi connectivity index (χ0n) is 8.90. The van der Waals surface area contributed by atoms with Crippen LogP contribution in [0.15, 0.2) is 30.3 Å². The molecule has 0 radical (unpaired) electrons. The summed E-state index contributed by atoms with van der Waals surface area (Å²) < 4.78 is 5.46. The van der Waals surface area contributed by atoms with Crippen LogP contribution in [0.2, 0.25) is 0 Å². The van der Waals surface area contributed by atoms with Gasteiger partial charge in [0.05, 0.1) is 12.7 Å². The van der Waals surface area contributed by atoms with Gasteiger partial charge in [-0.15, -0.1) is 0 Å². The fourth-order valence-electron chi connectivity index (χ4n) is 1.11. The molecule has 0 N–H and O–H groups in total. The Morgan fingerprint density at radius 3 is 2.57 bits per heavy atom. The summed E-state index contributed by atoms with van der Waals surface area (Å²) >= 11 is 1.92. The molecule has 1 aromatic rings. The first kappa shape index (κ1) is 11.6. The van der Waals surface area contributed by atoms with Crippen molar-refractivity contribution in [3.8, 4) is 0 Å². The molecular weight excluding hydrogens is 192 g/mol. The molecule has 0 saturated carbocycles. The van der Waals surface area contributed by atoms with Crippen molar-refractivity contribution in [1.29, 1.82) is 0 Å². The summed E-state index contributed by atoms with van der Waals surface area (Å²) in [6, 6.07) is 10.5. The van der Waals surface area contributed by atoms with E-state index < -0.39 is 0 Å². The number of hydrogen-bond donors (Lipinski definition) is 0. The molecule has 1 nitrogen and oxygen atoms in total. The van der Waals surface area contributed by atoms with Crippen LogP contribution in [0.25, 0.3) is 0 Å². The lowest BCUT2D eigenvalue weighted by Gasteiger charge is -2.06. The molecule has 0 aliphatic rings. The molecule has 1 rings (SSSR count). The van der Waals surface area contributed by atoms with Crippen molar-refractivity contribution in [3.05, 3.63) is 35.9 Å².